The van der Waals surface area contributed by atoms with E-state index in [1.807, 2.05) is 71.3 Å². The molecule has 1 aliphatic rings. The highest BCUT2D eigenvalue weighted by Crippen LogP contribution is 2.26. The minimum absolute atomic E-state index is 0.0996. The van der Waals surface area contributed by atoms with Gasteiger partial charge in [0.25, 0.3) is 0 Å². The zero-order chi connectivity index (χ0) is 26.6. The third-order valence-corrected chi connectivity index (χ3v) is 6.11. The molecule has 0 spiro atoms. The van der Waals surface area contributed by atoms with Crippen LogP contribution in [0.3, 0.4) is 0 Å². The topological polar surface area (TPSA) is 93.5 Å². The van der Waals surface area contributed by atoms with Crippen molar-refractivity contribution in [2.75, 3.05) is 31.1 Å². The van der Waals surface area contributed by atoms with Gasteiger partial charge in [-0.3, -0.25) is 14.5 Å². The van der Waals surface area contributed by atoms with Crippen LogP contribution in [0.2, 0.25) is 0 Å². The third kappa shape index (κ3) is 6.93. The highest BCUT2D eigenvalue weighted by molar-refractivity contribution is 5.97. The van der Waals surface area contributed by atoms with Crippen molar-refractivity contribution in [3.05, 3.63) is 59.7 Å². The van der Waals surface area contributed by atoms with Crippen molar-refractivity contribution in [2.24, 2.45) is 7.05 Å². The largest absolute Gasteiger partial charge is 0.444 e. The lowest BCUT2D eigenvalue weighted by Crippen LogP contribution is -2.50. The van der Waals surface area contributed by atoms with E-state index in [4.69, 9.17) is 9.72 Å². The summed E-state index contributed by atoms with van der Waals surface area (Å²) in [6.45, 7) is 9.89. The Morgan fingerprint density at radius 1 is 1.03 bits per heavy atom. The summed E-state index contributed by atoms with van der Waals surface area (Å²) in [6.07, 6.45) is 5.27. The molecule has 4 heterocycles. The summed E-state index contributed by atoms with van der Waals surface area (Å²) in [4.78, 5) is 38.7. The molecule has 0 saturated carbocycles. The number of amides is 1. The van der Waals surface area contributed by atoms with E-state index >= 15 is 0 Å². The van der Waals surface area contributed by atoms with Crippen molar-refractivity contribution >= 4 is 17.7 Å². The zero-order valence-electron chi connectivity index (χ0n) is 22.4. The molecule has 196 valence electrons. The standard InChI is InChI=1S/C28H36N6O3/c1-6-7-25(35)21-17-24(20-8-10-29-23(16-20)19-22-9-11-32(5)31-22)30-26(18-21)33-12-14-34(15-13-33)27(36)37-28(2,3)4/h8-11,16-18H,6-7,12-15,19H2,1-5H3. The van der Waals surface area contributed by atoms with E-state index in [1.165, 1.54) is 0 Å². The van der Waals surface area contributed by atoms with E-state index < -0.39 is 5.60 Å². The first-order valence-corrected chi connectivity index (χ1v) is 12.8. The van der Waals surface area contributed by atoms with Gasteiger partial charge in [0.05, 0.1) is 11.4 Å². The van der Waals surface area contributed by atoms with Gasteiger partial charge in [-0.25, -0.2) is 9.78 Å². The number of ketones is 1. The van der Waals surface area contributed by atoms with E-state index in [0.717, 1.165) is 34.9 Å². The molecule has 37 heavy (non-hydrogen) atoms. The summed E-state index contributed by atoms with van der Waals surface area (Å²) in [5.74, 6) is 0.839. The molecule has 1 fully saturated rings. The summed E-state index contributed by atoms with van der Waals surface area (Å²) >= 11 is 0. The van der Waals surface area contributed by atoms with Gasteiger partial charge in [0, 0.05) is 75.3 Å². The Morgan fingerprint density at radius 2 is 1.78 bits per heavy atom. The van der Waals surface area contributed by atoms with Crippen molar-refractivity contribution in [1.82, 2.24) is 24.6 Å². The fourth-order valence-electron chi connectivity index (χ4n) is 4.28. The number of carbonyl (C=O) groups excluding carboxylic acids is 2. The maximum atomic E-state index is 12.9. The highest BCUT2D eigenvalue weighted by Gasteiger charge is 2.27. The fourth-order valence-corrected chi connectivity index (χ4v) is 4.28. The number of piperazine rings is 1. The van der Waals surface area contributed by atoms with Crippen molar-refractivity contribution in [3.8, 4) is 11.3 Å². The van der Waals surface area contributed by atoms with Gasteiger partial charge in [-0.15, -0.1) is 0 Å². The van der Waals surface area contributed by atoms with Gasteiger partial charge in [-0.1, -0.05) is 6.92 Å². The molecule has 1 saturated heterocycles. The normalized spacial score (nSPS) is 14.1. The average Bonchev–Trinajstić information content (AvgIpc) is 3.27. The number of pyridine rings is 2. The van der Waals surface area contributed by atoms with Crippen molar-refractivity contribution in [2.45, 2.75) is 52.6 Å². The molecule has 1 amide bonds. The summed E-state index contributed by atoms with van der Waals surface area (Å²) in [5, 5.41) is 4.45. The number of aryl methyl sites for hydroxylation is 1. The minimum Gasteiger partial charge on any atom is -0.444 e. The lowest BCUT2D eigenvalue weighted by Gasteiger charge is -2.36. The van der Waals surface area contributed by atoms with Crippen LogP contribution in [-0.4, -0.2) is 68.3 Å². The van der Waals surface area contributed by atoms with Crippen molar-refractivity contribution in [3.63, 3.8) is 0 Å². The molecule has 0 aromatic carbocycles. The fraction of sp³-hybridized carbons (Fsp3) is 0.464. The average molecular weight is 505 g/mol. The monoisotopic (exact) mass is 504 g/mol. The van der Waals surface area contributed by atoms with Crippen LogP contribution in [0.25, 0.3) is 11.3 Å². The molecular formula is C28H36N6O3. The SMILES string of the molecule is CCCC(=O)c1cc(-c2ccnc(Cc3ccn(C)n3)c2)nc(N2CCN(C(=O)OC(C)(C)C)CC2)c1. The summed E-state index contributed by atoms with van der Waals surface area (Å²) in [5.41, 5.74) is 3.58. The molecule has 0 atom stereocenters. The Labute approximate surface area is 218 Å². The number of hydrogen-bond donors (Lipinski definition) is 0. The Hall–Kier alpha value is -3.75. The first kappa shape index (κ1) is 26.3. The molecule has 9 heteroatoms. The van der Waals surface area contributed by atoms with Gasteiger partial charge in [0.2, 0.25) is 0 Å². The second-order valence-corrected chi connectivity index (χ2v) is 10.4. The Balaban J connectivity index is 1.58. The number of rotatable bonds is 7. The zero-order valence-corrected chi connectivity index (χ0v) is 22.4. The predicted octanol–water partition coefficient (Wildman–Crippen LogP) is 4.51. The molecule has 0 N–H and O–H groups in total. The quantitative estimate of drug-likeness (QED) is 0.437. The summed E-state index contributed by atoms with van der Waals surface area (Å²) in [7, 11) is 1.89. The Morgan fingerprint density at radius 3 is 2.43 bits per heavy atom. The van der Waals surface area contributed by atoms with Crippen LogP contribution in [0.5, 0.6) is 0 Å². The molecule has 0 unspecified atom stereocenters. The van der Waals surface area contributed by atoms with E-state index in [-0.39, 0.29) is 11.9 Å². The van der Waals surface area contributed by atoms with Crippen LogP contribution in [0.15, 0.2) is 42.7 Å². The van der Waals surface area contributed by atoms with Crippen molar-refractivity contribution < 1.29 is 14.3 Å². The Bertz CT molecular complexity index is 1250. The maximum absolute atomic E-state index is 12.9. The van der Waals surface area contributed by atoms with Crippen LogP contribution in [0.4, 0.5) is 10.6 Å². The van der Waals surface area contributed by atoms with Crippen LogP contribution in [0, 0.1) is 0 Å². The van der Waals surface area contributed by atoms with Gasteiger partial charge < -0.3 is 14.5 Å². The van der Waals surface area contributed by atoms with Gasteiger partial charge in [-0.05, 0) is 57.5 Å². The smallest absolute Gasteiger partial charge is 0.410 e. The Kier molecular flexibility index (Phi) is 7.90. The molecule has 0 radical (unpaired) electrons. The first-order valence-electron chi connectivity index (χ1n) is 12.8. The number of Topliss-reactive ketones (excluding diaryl/α,β-unsaturated/α-hetero) is 1. The number of anilines is 1. The van der Waals surface area contributed by atoms with Crippen LogP contribution in [0.1, 0.15) is 62.3 Å². The lowest BCUT2D eigenvalue weighted by atomic mass is 10.0. The van der Waals surface area contributed by atoms with Gasteiger partial charge in [0.15, 0.2) is 5.78 Å². The van der Waals surface area contributed by atoms with Crippen LogP contribution < -0.4 is 4.90 Å². The molecule has 0 aliphatic carbocycles. The molecule has 4 rings (SSSR count). The first-order chi connectivity index (χ1) is 17.6. The van der Waals surface area contributed by atoms with E-state index in [2.05, 4.69) is 15.0 Å². The summed E-state index contributed by atoms with van der Waals surface area (Å²) < 4.78 is 7.30. The second-order valence-electron chi connectivity index (χ2n) is 10.4. The number of hydrogen-bond acceptors (Lipinski definition) is 7. The molecule has 3 aromatic heterocycles. The molecule has 0 bridgehead atoms. The molecule has 3 aromatic rings. The number of nitrogens with zero attached hydrogens (tertiary/aromatic N) is 6. The molecule has 1 aliphatic heterocycles. The number of aromatic nitrogens is 4. The predicted molar refractivity (Wildman–Crippen MR) is 143 cm³/mol. The third-order valence-electron chi connectivity index (χ3n) is 6.11. The lowest BCUT2D eigenvalue weighted by molar-refractivity contribution is 0.0240. The van der Waals surface area contributed by atoms with E-state index in [0.29, 0.717) is 44.6 Å². The molecule has 9 nitrogen and oxygen atoms in total. The maximum Gasteiger partial charge on any atom is 0.410 e. The highest BCUT2D eigenvalue weighted by atomic mass is 16.6. The van der Waals surface area contributed by atoms with Crippen molar-refractivity contribution in [1.29, 1.82) is 0 Å². The van der Waals surface area contributed by atoms with Gasteiger partial charge in [0.1, 0.15) is 11.4 Å². The number of carbonyl (C=O) groups is 2. The second kappa shape index (κ2) is 11.1. The van der Waals surface area contributed by atoms with Gasteiger partial charge >= 0.3 is 6.09 Å². The molecular weight excluding hydrogens is 468 g/mol. The van der Waals surface area contributed by atoms with Crippen LogP contribution in [-0.2, 0) is 18.2 Å². The number of ether oxygens (including phenoxy) is 1. The minimum atomic E-state index is -0.529. The van der Waals surface area contributed by atoms with E-state index in [9.17, 15) is 9.59 Å². The van der Waals surface area contributed by atoms with Gasteiger partial charge in [-0.2, -0.15) is 5.10 Å². The van der Waals surface area contributed by atoms with E-state index in [1.54, 1.807) is 15.8 Å². The summed E-state index contributed by atoms with van der Waals surface area (Å²) in [6, 6.07) is 9.66. The van der Waals surface area contributed by atoms with Crippen LogP contribution >= 0.6 is 0 Å².